The third kappa shape index (κ3) is 2.03. The first-order valence-corrected chi connectivity index (χ1v) is 5.16. The Morgan fingerprint density at radius 2 is 1.86 bits per heavy atom. The Balaban J connectivity index is 2.15. The zero-order chi connectivity index (χ0) is 9.97. The third-order valence-corrected chi connectivity index (χ3v) is 2.66. The summed E-state index contributed by atoms with van der Waals surface area (Å²) < 4.78 is 0. The van der Waals surface area contributed by atoms with Crippen molar-refractivity contribution in [1.29, 1.82) is 0 Å². The predicted octanol–water partition coefficient (Wildman–Crippen LogP) is 1.90. The molecular weight excluding hydrogens is 194 g/mol. The normalized spacial score (nSPS) is 10.3. The maximum absolute atomic E-state index is 5.59. The van der Waals surface area contributed by atoms with Crippen LogP contribution in [0.25, 0.3) is 0 Å². The zero-order valence-electron chi connectivity index (χ0n) is 7.60. The van der Waals surface area contributed by atoms with Gasteiger partial charge >= 0.3 is 0 Å². The molecule has 0 amide bonds. The SMILES string of the molecule is Nc1ccc(Cc2csc(N)n2)cc1. The number of thiazole rings is 1. The van der Waals surface area contributed by atoms with E-state index in [-0.39, 0.29) is 0 Å². The smallest absolute Gasteiger partial charge is 0.180 e. The van der Waals surface area contributed by atoms with Crippen molar-refractivity contribution in [2.24, 2.45) is 0 Å². The van der Waals surface area contributed by atoms with E-state index in [1.807, 2.05) is 29.6 Å². The Morgan fingerprint density at radius 3 is 2.43 bits per heavy atom. The van der Waals surface area contributed by atoms with E-state index >= 15 is 0 Å². The Labute approximate surface area is 86.4 Å². The molecule has 0 saturated heterocycles. The fourth-order valence-corrected chi connectivity index (χ4v) is 1.81. The minimum atomic E-state index is 0.621. The highest BCUT2D eigenvalue weighted by molar-refractivity contribution is 7.13. The topological polar surface area (TPSA) is 64.9 Å². The van der Waals surface area contributed by atoms with Gasteiger partial charge in [0.15, 0.2) is 5.13 Å². The number of rotatable bonds is 2. The van der Waals surface area contributed by atoms with Gasteiger partial charge in [0.05, 0.1) is 5.69 Å². The van der Waals surface area contributed by atoms with Crippen LogP contribution in [0.5, 0.6) is 0 Å². The fourth-order valence-electron chi connectivity index (χ4n) is 1.25. The van der Waals surface area contributed by atoms with E-state index in [1.165, 1.54) is 16.9 Å². The van der Waals surface area contributed by atoms with Crippen LogP contribution in [0.2, 0.25) is 0 Å². The highest BCUT2D eigenvalue weighted by atomic mass is 32.1. The highest BCUT2D eigenvalue weighted by Gasteiger charge is 2.00. The van der Waals surface area contributed by atoms with Crippen molar-refractivity contribution in [3.63, 3.8) is 0 Å². The molecule has 0 aliphatic heterocycles. The van der Waals surface area contributed by atoms with E-state index in [0.717, 1.165) is 17.8 Å². The molecule has 1 aromatic carbocycles. The van der Waals surface area contributed by atoms with E-state index in [1.54, 1.807) is 0 Å². The number of aromatic nitrogens is 1. The van der Waals surface area contributed by atoms with E-state index in [4.69, 9.17) is 11.5 Å². The van der Waals surface area contributed by atoms with Gasteiger partial charge in [-0.05, 0) is 17.7 Å². The molecule has 2 aromatic rings. The third-order valence-electron chi connectivity index (χ3n) is 1.93. The summed E-state index contributed by atoms with van der Waals surface area (Å²) in [6.45, 7) is 0. The molecule has 0 atom stereocenters. The molecule has 1 heterocycles. The van der Waals surface area contributed by atoms with Crippen LogP contribution in [0.3, 0.4) is 0 Å². The summed E-state index contributed by atoms with van der Waals surface area (Å²) in [6.07, 6.45) is 0.813. The minimum absolute atomic E-state index is 0.621. The first-order valence-electron chi connectivity index (χ1n) is 4.28. The van der Waals surface area contributed by atoms with Gasteiger partial charge in [-0.2, -0.15) is 0 Å². The lowest BCUT2D eigenvalue weighted by Gasteiger charge is -1.98. The van der Waals surface area contributed by atoms with Gasteiger partial charge < -0.3 is 11.5 Å². The Kier molecular flexibility index (Phi) is 2.37. The Bertz CT molecular complexity index is 419. The van der Waals surface area contributed by atoms with E-state index in [9.17, 15) is 0 Å². The van der Waals surface area contributed by atoms with Crippen LogP contribution in [0.1, 0.15) is 11.3 Å². The first-order chi connectivity index (χ1) is 6.74. The quantitative estimate of drug-likeness (QED) is 0.736. The van der Waals surface area contributed by atoms with Gasteiger partial charge in [0.25, 0.3) is 0 Å². The second kappa shape index (κ2) is 3.67. The first kappa shape index (κ1) is 9.02. The van der Waals surface area contributed by atoms with E-state index in [2.05, 4.69) is 4.98 Å². The lowest BCUT2D eigenvalue weighted by Crippen LogP contribution is -1.91. The number of hydrogen-bond donors (Lipinski definition) is 2. The van der Waals surface area contributed by atoms with Crippen molar-refractivity contribution in [2.75, 3.05) is 11.5 Å². The second-order valence-corrected chi connectivity index (χ2v) is 3.99. The molecular formula is C10H11N3S. The van der Waals surface area contributed by atoms with E-state index in [0.29, 0.717) is 5.13 Å². The molecule has 0 aliphatic carbocycles. The highest BCUT2D eigenvalue weighted by Crippen LogP contribution is 2.15. The van der Waals surface area contributed by atoms with Crippen molar-refractivity contribution >= 4 is 22.2 Å². The summed E-state index contributed by atoms with van der Waals surface area (Å²) in [5.74, 6) is 0. The number of nitrogen functional groups attached to an aromatic ring is 2. The largest absolute Gasteiger partial charge is 0.399 e. The van der Waals surface area contributed by atoms with Crippen molar-refractivity contribution in [2.45, 2.75) is 6.42 Å². The second-order valence-electron chi connectivity index (χ2n) is 3.10. The van der Waals surface area contributed by atoms with Gasteiger partial charge in [-0.1, -0.05) is 12.1 Å². The minimum Gasteiger partial charge on any atom is -0.399 e. The summed E-state index contributed by atoms with van der Waals surface area (Å²) >= 11 is 1.47. The van der Waals surface area contributed by atoms with Gasteiger partial charge in [-0.3, -0.25) is 0 Å². The molecule has 1 aromatic heterocycles. The molecule has 2 rings (SSSR count). The molecule has 0 spiro atoms. The number of nitrogens with zero attached hydrogens (tertiary/aromatic N) is 1. The zero-order valence-corrected chi connectivity index (χ0v) is 8.42. The molecule has 0 aliphatic rings. The molecule has 0 fully saturated rings. The van der Waals surface area contributed by atoms with Gasteiger partial charge in [0.1, 0.15) is 0 Å². The number of benzene rings is 1. The molecule has 0 unspecified atom stereocenters. The number of anilines is 2. The molecule has 4 N–H and O–H groups in total. The molecule has 4 heteroatoms. The molecule has 0 saturated carbocycles. The monoisotopic (exact) mass is 205 g/mol. The number of nitrogens with two attached hydrogens (primary N) is 2. The van der Waals surface area contributed by atoms with Crippen LogP contribution in [-0.2, 0) is 6.42 Å². The summed E-state index contributed by atoms with van der Waals surface area (Å²) in [6, 6.07) is 7.80. The molecule has 14 heavy (non-hydrogen) atoms. The summed E-state index contributed by atoms with van der Waals surface area (Å²) in [5.41, 5.74) is 14.1. The molecule has 0 bridgehead atoms. The summed E-state index contributed by atoms with van der Waals surface area (Å²) in [5, 5.41) is 2.60. The van der Waals surface area contributed by atoms with Crippen molar-refractivity contribution in [3.8, 4) is 0 Å². The lowest BCUT2D eigenvalue weighted by atomic mass is 10.1. The summed E-state index contributed by atoms with van der Waals surface area (Å²) in [7, 11) is 0. The van der Waals surface area contributed by atoms with Crippen LogP contribution in [0, 0.1) is 0 Å². The van der Waals surface area contributed by atoms with Crippen LogP contribution in [0.4, 0.5) is 10.8 Å². The van der Waals surface area contributed by atoms with Crippen LogP contribution in [0.15, 0.2) is 29.6 Å². The van der Waals surface area contributed by atoms with Crippen LogP contribution in [-0.4, -0.2) is 4.98 Å². The van der Waals surface area contributed by atoms with Gasteiger partial charge in [-0.15, -0.1) is 11.3 Å². The number of hydrogen-bond acceptors (Lipinski definition) is 4. The Morgan fingerprint density at radius 1 is 1.14 bits per heavy atom. The van der Waals surface area contributed by atoms with Crippen molar-refractivity contribution < 1.29 is 0 Å². The van der Waals surface area contributed by atoms with Crippen LogP contribution >= 0.6 is 11.3 Å². The predicted molar refractivity (Wildman–Crippen MR) is 60.2 cm³/mol. The maximum atomic E-state index is 5.59. The van der Waals surface area contributed by atoms with Gasteiger partial charge in [-0.25, -0.2) is 4.98 Å². The van der Waals surface area contributed by atoms with Gasteiger partial charge in [0.2, 0.25) is 0 Å². The molecule has 3 nitrogen and oxygen atoms in total. The molecule has 0 radical (unpaired) electrons. The van der Waals surface area contributed by atoms with Crippen molar-refractivity contribution in [3.05, 3.63) is 40.9 Å². The summed E-state index contributed by atoms with van der Waals surface area (Å²) in [4.78, 5) is 4.19. The van der Waals surface area contributed by atoms with Crippen LogP contribution < -0.4 is 11.5 Å². The average molecular weight is 205 g/mol. The van der Waals surface area contributed by atoms with Crippen molar-refractivity contribution in [1.82, 2.24) is 4.98 Å². The van der Waals surface area contributed by atoms with E-state index < -0.39 is 0 Å². The standard InChI is InChI=1S/C10H11N3S/c11-8-3-1-7(2-4-8)5-9-6-14-10(12)13-9/h1-4,6H,5,11H2,(H2,12,13). The fraction of sp³-hybridized carbons (Fsp3) is 0.100. The maximum Gasteiger partial charge on any atom is 0.180 e. The molecule has 72 valence electrons. The Hall–Kier alpha value is -1.55. The average Bonchev–Trinajstić information content (AvgIpc) is 2.56. The lowest BCUT2D eigenvalue weighted by molar-refractivity contribution is 1.11. The van der Waals surface area contributed by atoms with Gasteiger partial charge in [0, 0.05) is 17.5 Å².